The summed E-state index contributed by atoms with van der Waals surface area (Å²) in [5.41, 5.74) is 1.77. The third-order valence-corrected chi connectivity index (χ3v) is 5.93. The molecule has 2 aromatic carbocycles. The minimum absolute atomic E-state index is 0.248. The van der Waals surface area contributed by atoms with E-state index in [1.807, 2.05) is 51.1 Å². The highest BCUT2D eigenvalue weighted by Gasteiger charge is 2.68. The summed E-state index contributed by atoms with van der Waals surface area (Å²) in [6.07, 6.45) is -0.482. The predicted molar refractivity (Wildman–Crippen MR) is 106 cm³/mol. The number of carbonyl (C=O) groups is 3. The highest BCUT2D eigenvalue weighted by atomic mass is 16.6. The van der Waals surface area contributed by atoms with Gasteiger partial charge in [-0.25, -0.2) is 9.69 Å². The Bertz CT molecular complexity index is 978. The SMILES string of the molecule is CC(C)(C)OC(=O)N1[C@@H]2c3ccccc3[C@H]1[C@H]1C(=O)N(c3ccccc3)C(=O)[C@H]12. The molecule has 2 saturated heterocycles. The molecule has 4 atom stereocenters. The molecular formula is C23H22N2O4. The Morgan fingerprint density at radius 3 is 1.79 bits per heavy atom. The van der Waals surface area contributed by atoms with Gasteiger partial charge in [-0.3, -0.25) is 14.5 Å². The summed E-state index contributed by atoms with van der Waals surface area (Å²) in [6.45, 7) is 5.43. The van der Waals surface area contributed by atoms with Crippen LogP contribution in [0.4, 0.5) is 10.5 Å². The van der Waals surface area contributed by atoms with E-state index >= 15 is 0 Å². The van der Waals surface area contributed by atoms with Crippen LogP contribution in [0.1, 0.15) is 44.0 Å². The molecule has 6 nitrogen and oxygen atoms in total. The number of nitrogens with zero attached hydrogens (tertiary/aromatic N) is 2. The zero-order chi connectivity index (χ0) is 20.5. The fourth-order valence-electron chi connectivity index (χ4n) is 5.01. The van der Waals surface area contributed by atoms with E-state index in [-0.39, 0.29) is 11.8 Å². The first-order valence-corrected chi connectivity index (χ1v) is 9.82. The van der Waals surface area contributed by atoms with Crippen molar-refractivity contribution in [2.24, 2.45) is 11.8 Å². The first-order chi connectivity index (χ1) is 13.8. The number of ether oxygens (including phenoxy) is 1. The Labute approximate surface area is 169 Å². The van der Waals surface area contributed by atoms with Crippen LogP contribution in [0.15, 0.2) is 54.6 Å². The summed E-state index contributed by atoms with van der Waals surface area (Å²) in [6, 6.07) is 15.7. The van der Waals surface area contributed by atoms with Crippen molar-refractivity contribution in [1.29, 1.82) is 0 Å². The largest absolute Gasteiger partial charge is 0.444 e. The van der Waals surface area contributed by atoms with E-state index in [1.165, 1.54) is 4.90 Å². The Balaban J connectivity index is 1.59. The van der Waals surface area contributed by atoms with Gasteiger partial charge in [-0.2, -0.15) is 0 Å². The van der Waals surface area contributed by atoms with Crippen LogP contribution in [-0.2, 0) is 14.3 Å². The molecule has 2 fully saturated rings. The molecule has 3 aliphatic heterocycles. The molecule has 0 unspecified atom stereocenters. The van der Waals surface area contributed by atoms with Crippen LogP contribution < -0.4 is 4.90 Å². The molecule has 3 heterocycles. The van der Waals surface area contributed by atoms with E-state index in [0.29, 0.717) is 5.69 Å². The van der Waals surface area contributed by atoms with Gasteiger partial charge in [-0.05, 0) is 44.0 Å². The van der Waals surface area contributed by atoms with Crippen molar-refractivity contribution >= 4 is 23.6 Å². The highest BCUT2D eigenvalue weighted by Crippen LogP contribution is 2.62. The number of hydrogen-bond acceptors (Lipinski definition) is 4. The molecule has 3 amide bonds. The summed E-state index contributed by atoms with van der Waals surface area (Å²) in [5, 5.41) is 0. The maximum atomic E-state index is 13.4. The first-order valence-electron chi connectivity index (χ1n) is 9.82. The number of carbonyl (C=O) groups excluding carboxylic acids is 3. The molecule has 0 aromatic heterocycles. The Morgan fingerprint density at radius 1 is 0.828 bits per heavy atom. The van der Waals surface area contributed by atoms with Crippen molar-refractivity contribution < 1.29 is 19.1 Å². The maximum Gasteiger partial charge on any atom is 0.411 e. The number of anilines is 1. The summed E-state index contributed by atoms with van der Waals surface area (Å²) < 4.78 is 5.63. The smallest absolute Gasteiger partial charge is 0.411 e. The average molecular weight is 390 g/mol. The van der Waals surface area contributed by atoms with Gasteiger partial charge in [-0.15, -0.1) is 0 Å². The van der Waals surface area contributed by atoms with Crippen molar-refractivity contribution in [3.05, 3.63) is 65.7 Å². The summed E-state index contributed by atoms with van der Waals surface area (Å²) >= 11 is 0. The van der Waals surface area contributed by atoms with E-state index in [9.17, 15) is 14.4 Å². The minimum atomic E-state index is -0.662. The molecule has 0 saturated carbocycles. The third kappa shape index (κ3) is 2.44. The lowest BCUT2D eigenvalue weighted by atomic mass is 9.77. The Morgan fingerprint density at radius 2 is 1.31 bits per heavy atom. The third-order valence-electron chi connectivity index (χ3n) is 5.93. The summed E-state index contributed by atoms with van der Waals surface area (Å²) in [5.74, 6) is -1.67. The molecular weight excluding hydrogens is 368 g/mol. The van der Waals surface area contributed by atoms with E-state index < -0.39 is 35.6 Å². The van der Waals surface area contributed by atoms with Crippen molar-refractivity contribution in [1.82, 2.24) is 4.90 Å². The van der Waals surface area contributed by atoms with E-state index in [1.54, 1.807) is 29.2 Å². The Kier molecular flexibility index (Phi) is 3.66. The quantitative estimate of drug-likeness (QED) is 0.694. The van der Waals surface area contributed by atoms with Gasteiger partial charge in [0.1, 0.15) is 5.60 Å². The lowest BCUT2D eigenvalue weighted by molar-refractivity contribution is -0.123. The zero-order valence-corrected chi connectivity index (χ0v) is 16.5. The van der Waals surface area contributed by atoms with Crippen molar-refractivity contribution in [2.45, 2.75) is 38.5 Å². The molecule has 2 bridgehead atoms. The molecule has 148 valence electrons. The summed E-state index contributed by atoms with van der Waals surface area (Å²) in [7, 11) is 0. The van der Waals surface area contributed by atoms with Gasteiger partial charge in [0.05, 0.1) is 29.6 Å². The molecule has 2 aromatic rings. The fraction of sp³-hybridized carbons (Fsp3) is 0.348. The molecule has 29 heavy (non-hydrogen) atoms. The normalized spacial score (nSPS) is 27.3. The second-order valence-electron chi connectivity index (χ2n) is 8.81. The van der Waals surface area contributed by atoms with Crippen molar-refractivity contribution in [3.8, 4) is 0 Å². The number of amides is 3. The second kappa shape index (κ2) is 5.92. The van der Waals surface area contributed by atoms with Crippen molar-refractivity contribution in [3.63, 3.8) is 0 Å². The van der Waals surface area contributed by atoms with E-state index in [4.69, 9.17) is 4.74 Å². The first kappa shape index (κ1) is 17.9. The lowest BCUT2D eigenvalue weighted by Gasteiger charge is -2.29. The van der Waals surface area contributed by atoms with Gasteiger partial charge >= 0.3 is 6.09 Å². The van der Waals surface area contributed by atoms with Crippen LogP contribution >= 0.6 is 0 Å². The standard InChI is InChI=1S/C23H22N2O4/c1-23(2,3)29-22(28)25-18-14-11-7-8-12-15(14)19(25)17-16(18)20(26)24(21(17)27)13-9-5-4-6-10-13/h4-12,16-19H,1-3H3/t16-,17+,18-,19+. The molecule has 6 heteroatoms. The van der Waals surface area contributed by atoms with Gasteiger partial charge in [0.25, 0.3) is 0 Å². The topological polar surface area (TPSA) is 66.9 Å². The average Bonchev–Trinajstić information content (AvgIpc) is 3.27. The van der Waals surface area contributed by atoms with Crippen LogP contribution in [0.3, 0.4) is 0 Å². The van der Waals surface area contributed by atoms with Gasteiger partial charge in [-0.1, -0.05) is 42.5 Å². The zero-order valence-electron chi connectivity index (χ0n) is 16.5. The number of hydrogen-bond donors (Lipinski definition) is 0. The maximum absolute atomic E-state index is 13.4. The van der Waals surface area contributed by atoms with Crippen molar-refractivity contribution in [2.75, 3.05) is 4.90 Å². The molecule has 0 N–H and O–H groups in total. The Hall–Kier alpha value is -3.15. The molecule has 0 spiro atoms. The number of rotatable bonds is 1. The molecule has 3 aliphatic rings. The molecule has 0 aliphatic carbocycles. The second-order valence-corrected chi connectivity index (χ2v) is 8.81. The fourth-order valence-corrected chi connectivity index (χ4v) is 5.01. The monoisotopic (exact) mass is 390 g/mol. The highest BCUT2D eigenvalue weighted by molar-refractivity contribution is 6.23. The summed E-state index contributed by atoms with van der Waals surface area (Å²) in [4.78, 5) is 42.7. The number of fused-ring (bicyclic) bond motifs is 8. The lowest BCUT2D eigenvalue weighted by Crippen LogP contribution is -2.40. The minimum Gasteiger partial charge on any atom is -0.444 e. The number of benzene rings is 2. The van der Waals surface area contributed by atoms with Gasteiger partial charge < -0.3 is 4.74 Å². The molecule has 5 rings (SSSR count). The van der Waals surface area contributed by atoms with Crippen LogP contribution in [0.5, 0.6) is 0 Å². The van der Waals surface area contributed by atoms with E-state index in [0.717, 1.165) is 11.1 Å². The number of imide groups is 1. The predicted octanol–water partition coefficient (Wildman–Crippen LogP) is 3.84. The van der Waals surface area contributed by atoms with Gasteiger partial charge in [0, 0.05) is 0 Å². The van der Waals surface area contributed by atoms with Crippen LogP contribution in [0.25, 0.3) is 0 Å². The van der Waals surface area contributed by atoms with Crippen LogP contribution in [0.2, 0.25) is 0 Å². The van der Waals surface area contributed by atoms with Crippen LogP contribution in [-0.4, -0.2) is 28.4 Å². The van der Waals surface area contributed by atoms with Crippen LogP contribution in [0, 0.1) is 11.8 Å². The number of para-hydroxylation sites is 1. The molecule has 0 radical (unpaired) electrons. The van der Waals surface area contributed by atoms with Gasteiger partial charge in [0.2, 0.25) is 11.8 Å². The van der Waals surface area contributed by atoms with E-state index in [2.05, 4.69) is 0 Å². The van der Waals surface area contributed by atoms with Gasteiger partial charge in [0.15, 0.2) is 0 Å².